The van der Waals surface area contributed by atoms with Gasteiger partial charge in [0.25, 0.3) is 0 Å². The van der Waals surface area contributed by atoms with E-state index < -0.39 is 11.9 Å². The Morgan fingerprint density at radius 3 is 2.79 bits per heavy atom. The highest BCUT2D eigenvalue weighted by Gasteiger charge is 2.37. The second-order valence-corrected chi connectivity index (χ2v) is 4.76. The lowest BCUT2D eigenvalue weighted by atomic mass is 9.98. The van der Waals surface area contributed by atoms with Gasteiger partial charge in [-0.25, -0.2) is 4.98 Å². The van der Waals surface area contributed by atoms with Crippen molar-refractivity contribution in [3.63, 3.8) is 0 Å². The van der Waals surface area contributed by atoms with Crippen molar-refractivity contribution in [1.82, 2.24) is 9.55 Å². The number of benzene rings is 1. The molecule has 1 aromatic heterocycles. The summed E-state index contributed by atoms with van der Waals surface area (Å²) in [5.74, 6) is 0.782. The van der Waals surface area contributed by atoms with Gasteiger partial charge < -0.3 is 4.57 Å². The molecule has 0 bridgehead atoms. The summed E-state index contributed by atoms with van der Waals surface area (Å²) < 4.78 is 39.7. The van der Waals surface area contributed by atoms with Crippen LogP contribution < -0.4 is 0 Å². The fraction of sp³-hybridized carbons (Fsp3) is 0.308. The molecule has 0 radical (unpaired) electrons. The standard InChI is InChI=1S/C13H10ClF3N2/c14-6-8-1-2-10-9(5-8)3-4-19-11(13(15,16)17)7-18-12(10)19/h1-2,5,7H,3-4,6H2. The first kappa shape index (κ1) is 12.5. The maximum atomic E-state index is 12.8. The van der Waals surface area contributed by atoms with Gasteiger partial charge in [0.1, 0.15) is 11.5 Å². The van der Waals surface area contributed by atoms with Crippen LogP contribution in [-0.2, 0) is 25.0 Å². The van der Waals surface area contributed by atoms with Crippen LogP contribution in [0.5, 0.6) is 0 Å². The summed E-state index contributed by atoms with van der Waals surface area (Å²) >= 11 is 5.76. The molecule has 19 heavy (non-hydrogen) atoms. The molecule has 0 amide bonds. The third kappa shape index (κ3) is 2.02. The van der Waals surface area contributed by atoms with Crippen molar-refractivity contribution in [2.45, 2.75) is 25.0 Å². The lowest BCUT2D eigenvalue weighted by Crippen LogP contribution is -2.18. The first-order chi connectivity index (χ1) is 9.00. The van der Waals surface area contributed by atoms with E-state index in [9.17, 15) is 13.2 Å². The van der Waals surface area contributed by atoms with Gasteiger partial charge >= 0.3 is 6.18 Å². The number of imidazole rings is 1. The minimum Gasteiger partial charge on any atom is -0.320 e. The molecule has 2 aromatic rings. The van der Waals surface area contributed by atoms with E-state index >= 15 is 0 Å². The van der Waals surface area contributed by atoms with Gasteiger partial charge in [0, 0.05) is 18.0 Å². The maximum Gasteiger partial charge on any atom is 0.433 e. The number of hydrogen-bond acceptors (Lipinski definition) is 1. The van der Waals surface area contributed by atoms with Crippen LogP contribution in [0.2, 0.25) is 0 Å². The van der Waals surface area contributed by atoms with E-state index in [4.69, 9.17) is 11.6 Å². The Hall–Kier alpha value is -1.49. The SMILES string of the molecule is FC(F)(F)c1cnc2n1CCc1cc(CCl)ccc1-2. The largest absolute Gasteiger partial charge is 0.433 e. The normalized spacial score (nSPS) is 14.1. The Bertz CT molecular complexity index is 631. The van der Waals surface area contributed by atoms with E-state index in [2.05, 4.69) is 4.98 Å². The third-order valence-electron chi connectivity index (χ3n) is 3.32. The molecule has 0 aliphatic carbocycles. The maximum absolute atomic E-state index is 12.8. The van der Waals surface area contributed by atoms with Gasteiger partial charge in [-0.05, 0) is 17.5 Å². The van der Waals surface area contributed by atoms with Crippen molar-refractivity contribution in [1.29, 1.82) is 0 Å². The molecule has 0 unspecified atom stereocenters. The highest BCUT2D eigenvalue weighted by Crippen LogP contribution is 2.36. The zero-order valence-electron chi connectivity index (χ0n) is 9.84. The molecule has 0 fully saturated rings. The third-order valence-corrected chi connectivity index (χ3v) is 3.62. The van der Waals surface area contributed by atoms with Gasteiger partial charge in [-0.2, -0.15) is 13.2 Å². The number of aryl methyl sites for hydroxylation is 1. The monoisotopic (exact) mass is 286 g/mol. The molecule has 2 heterocycles. The predicted octanol–water partition coefficient (Wildman–Crippen LogP) is 3.86. The van der Waals surface area contributed by atoms with Crippen molar-refractivity contribution in [3.05, 3.63) is 41.2 Å². The van der Waals surface area contributed by atoms with E-state index in [0.717, 1.165) is 22.9 Å². The molecule has 1 aromatic carbocycles. The Balaban J connectivity index is 2.13. The van der Waals surface area contributed by atoms with Crippen LogP contribution in [0.4, 0.5) is 13.2 Å². The molecule has 0 saturated carbocycles. The number of aromatic nitrogens is 2. The molecule has 1 aliphatic heterocycles. The van der Waals surface area contributed by atoms with Gasteiger partial charge in [0.05, 0.1) is 6.20 Å². The molecule has 0 atom stereocenters. The van der Waals surface area contributed by atoms with Crippen molar-refractivity contribution >= 4 is 11.6 Å². The van der Waals surface area contributed by atoms with E-state index in [1.54, 1.807) is 6.07 Å². The van der Waals surface area contributed by atoms with E-state index in [1.807, 2.05) is 12.1 Å². The predicted molar refractivity (Wildman–Crippen MR) is 65.9 cm³/mol. The molecule has 0 saturated heterocycles. The van der Waals surface area contributed by atoms with Gasteiger partial charge in [-0.1, -0.05) is 18.2 Å². The molecular weight excluding hydrogens is 277 g/mol. The van der Waals surface area contributed by atoms with E-state index in [-0.39, 0.29) is 0 Å². The molecular formula is C13H10ClF3N2. The number of fused-ring (bicyclic) bond motifs is 3. The van der Waals surface area contributed by atoms with Crippen molar-refractivity contribution in [2.24, 2.45) is 0 Å². The average molecular weight is 287 g/mol. The first-order valence-corrected chi connectivity index (χ1v) is 6.35. The molecule has 6 heteroatoms. The van der Waals surface area contributed by atoms with Gasteiger partial charge in [-0.3, -0.25) is 0 Å². The zero-order valence-corrected chi connectivity index (χ0v) is 10.6. The number of hydrogen-bond donors (Lipinski definition) is 0. The Morgan fingerprint density at radius 2 is 2.11 bits per heavy atom. The van der Waals surface area contributed by atoms with Gasteiger partial charge in [-0.15, -0.1) is 11.6 Å². The van der Waals surface area contributed by atoms with Crippen LogP contribution >= 0.6 is 11.6 Å². The smallest absolute Gasteiger partial charge is 0.320 e. The fourth-order valence-electron chi connectivity index (χ4n) is 2.43. The van der Waals surface area contributed by atoms with E-state index in [0.29, 0.717) is 24.7 Å². The van der Waals surface area contributed by atoms with Gasteiger partial charge in [0.15, 0.2) is 0 Å². The molecule has 2 nitrogen and oxygen atoms in total. The average Bonchev–Trinajstić information content (AvgIpc) is 2.81. The summed E-state index contributed by atoms with van der Waals surface area (Å²) in [6.45, 7) is 0.295. The lowest BCUT2D eigenvalue weighted by Gasteiger charge is -2.21. The van der Waals surface area contributed by atoms with Crippen LogP contribution in [0.25, 0.3) is 11.4 Å². The van der Waals surface area contributed by atoms with Crippen LogP contribution in [0.3, 0.4) is 0 Å². The quantitative estimate of drug-likeness (QED) is 0.728. The number of halogens is 4. The summed E-state index contributed by atoms with van der Waals surface area (Å²) in [7, 11) is 0. The highest BCUT2D eigenvalue weighted by molar-refractivity contribution is 6.17. The lowest BCUT2D eigenvalue weighted by molar-refractivity contribution is -0.143. The van der Waals surface area contributed by atoms with Crippen molar-refractivity contribution in [2.75, 3.05) is 0 Å². The zero-order chi connectivity index (χ0) is 13.6. The second kappa shape index (κ2) is 4.27. The number of rotatable bonds is 1. The molecule has 0 spiro atoms. The summed E-state index contributed by atoms with van der Waals surface area (Å²) in [6.07, 6.45) is -2.90. The van der Waals surface area contributed by atoms with Crippen LogP contribution in [-0.4, -0.2) is 9.55 Å². The van der Waals surface area contributed by atoms with Crippen LogP contribution in [0.1, 0.15) is 16.8 Å². The van der Waals surface area contributed by atoms with Crippen molar-refractivity contribution in [3.8, 4) is 11.4 Å². The first-order valence-electron chi connectivity index (χ1n) is 5.81. The van der Waals surface area contributed by atoms with Crippen LogP contribution in [0.15, 0.2) is 24.4 Å². The summed E-state index contributed by atoms with van der Waals surface area (Å²) in [5.41, 5.74) is 2.05. The molecule has 100 valence electrons. The highest BCUT2D eigenvalue weighted by atomic mass is 35.5. The van der Waals surface area contributed by atoms with E-state index in [1.165, 1.54) is 4.57 Å². The summed E-state index contributed by atoms with van der Waals surface area (Å²) in [5, 5.41) is 0. The van der Waals surface area contributed by atoms with Gasteiger partial charge in [0.2, 0.25) is 0 Å². The fourth-order valence-corrected chi connectivity index (χ4v) is 2.60. The molecule has 3 rings (SSSR count). The molecule has 0 N–H and O–H groups in total. The summed E-state index contributed by atoms with van der Waals surface area (Å²) in [6, 6.07) is 5.56. The number of alkyl halides is 4. The second-order valence-electron chi connectivity index (χ2n) is 4.49. The van der Waals surface area contributed by atoms with Crippen molar-refractivity contribution < 1.29 is 13.2 Å². The Kier molecular flexibility index (Phi) is 2.82. The molecule has 1 aliphatic rings. The number of nitrogens with zero attached hydrogens (tertiary/aromatic N) is 2. The topological polar surface area (TPSA) is 17.8 Å². The van der Waals surface area contributed by atoms with Crippen LogP contribution in [0, 0.1) is 0 Å². The Morgan fingerprint density at radius 1 is 1.32 bits per heavy atom. The minimum atomic E-state index is -4.36. The minimum absolute atomic E-state index is 0.295. The summed E-state index contributed by atoms with van der Waals surface area (Å²) in [4.78, 5) is 3.93. The Labute approximate surface area is 112 Å².